The number of phenols is 1. The fraction of sp³-hybridized carbons (Fsp3) is 0.333. The number of para-hydroxylation sites is 1. The van der Waals surface area contributed by atoms with E-state index in [0.29, 0.717) is 48.1 Å². The molecule has 4 aromatic carbocycles. The summed E-state index contributed by atoms with van der Waals surface area (Å²) < 4.78 is 5.88. The maximum atomic E-state index is 15.3. The summed E-state index contributed by atoms with van der Waals surface area (Å²) in [6.07, 6.45) is 5.52. The number of carbonyl (C=O) groups is 4. The molecule has 284 valence electrons. The number of allylic oxidation sites excluding steroid dienone is 4. The molecule has 8 nitrogen and oxygen atoms in total. The lowest BCUT2D eigenvalue weighted by Gasteiger charge is -2.55. The SMILES string of the molecule is CCOc1cccc([C@H]2C3=CC[C@@H]4C(=O)N(C5CCN(Cc6ccccc6)CC5)C(=O)[C@@H]4[C@@H]3C[C@H]3C(=O)C(c4ccccc4)=CC(=O)[C@@]23c2ccccc2)c1O. The number of nitrogens with zero attached hydrogens (tertiary/aromatic N) is 2. The van der Waals surface area contributed by atoms with Gasteiger partial charge < -0.3 is 9.84 Å². The van der Waals surface area contributed by atoms with Crippen molar-refractivity contribution in [3.05, 3.63) is 149 Å². The van der Waals surface area contributed by atoms with Crippen LogP contribution >= 0.6 is 0 Å². The normalized spacial score (nSPS) is 27.9. The number of hydrogen-bond acceptors (Lipinski definition) is 7. The first kappa shape index (κ1) is 36.1. The molecule has 4 aromatic rings. The second kappa shape index (κ2) is 14.5. The van der Waals surface area contributed by atoms with Gasteiger partial charge in [0.15, 0.2) is 23.1 Å². The van der Waals surface area contributed by atoms with Crippen LogP contribution in [0, 0.1) is 23.7 Å². The quantitative estimate of drug-likeness (QED) is 0.149. The minimum atomic E-state index is -1.43. The third kappa shape index (κ3) is 5.68. The number of carbonyl (C=O) groups excluding carboxylic acids is 4. The number of phenolic OH excluding ortho intramolecular Hbond substituents is 1. The summed E-state index contributed by atoms with van der Waals surface area (Å²) in [5.41, 5.74) is 2.79. The highest BCUT2D eigenvalue weighted by Crippen LogP contribution is 2.65. The molecule has 2 amide bonds. The number of Topliss-reactive ketones (excluding diaryl/α,β-unsaturated/α-hetero) is 1. The Morgan fingerprint density at radius 3 is 2.16 bits per heavy atom. The Bertz CT molecular complexity index is 2240. The van der Waals surface area contributed by atoms with Crippen molar-refractivity contribution in [3.8, 4) is 11.5 Å². The van der Waals surface area contributed by atoms with E-state index in [9.17, 15) is 14.7 Å². The summed E-state index contributed by atoms with van der Waals surface area (Å²) in [5, 5.41) is 12.0. The molecule has 3 aliphatic carbocycles. The summed E-state index contributed by atoms with van der Waals surface area (Å²) in [6.45, 7) is 4.55. The third-order valence-electron chi connectivity index (χ3n) is 13.2. The van der Waals surface area contributed by atoms with Gasteiger partial charge in [-0.05, 0) is 67.4 Å². The summed E-state index contributed by atoms with van der Waals surface area (Å²) in [7, 11) is 0. The van der Waals surface area contributed by atoms with E-state index in [4.69, 9.17) is 4.74 Å². The van der Waals surface area contributed by atoms with Crippen LogP contribution in [-0.2, 0) is 31.1 Å². The van der Waals surface area contributed by atoms with E-state index < -0.39 is 35.0 Å². The van der Waals surface area contributed by atoms with Crippen LogP contribution in [0.2, 0.25) is 0 Å². The summed E-state index contributed by atoms with van der Waals surface area (Å²) in [6, 6.07) is 34.2. The maximum absolute atomic E-state index is 15.3. The summed E-state index contributed by atoms with van der Waals surface area (Å²) in [5.74, 6) is -3.92. The van der Waals surface area contributed by atoms with Crippen molar-refractivity contribution in [2.75, 3.05) is 19.7 Å². The van der Waals surface area contributed by atoms with Gasteiger partial charge in [-0.3, -0.25) is 29.0 Å². The zero-order valence-electron chi connectivity index (χ0n) is 31.6. The molecule has 8 heteroatoms. The average molecular weight is 747 g/mol. The first-order valence-corrected chi connectivity index (χ1v) is 20.0. The highest BCUT2D eigenvalue weighted by molar-refractivity contribution is 6.31. The van der Waals surface area contributed by atoms with Crippen LogP contribution in [0.5, 0.6) is 11.5 Å². The van der Waals surface area contributed by atoms with Gasteiger partial charge in [-0.15, -0.1) is 0 Å². The molecule has 2 aliphatic heterocycles. The van der Waals surface area contributed by atoms with Crippen LogP contribution in [0.1, 0.15) is 60.8 Å². The topological polar surface area (TPSA) is 104 Å². The van der Waals surface area contributed by atoms with E-state index in [2.05, 4.69) is 23.1 Å². The number of rotatable bonds is 8. The minimum Gasteiger partial charge on any atom is -0.504 e. The molecule has 2 heterocycles. The van der Waals surface area contributed by atoms with Gasteiger partial charge in [-0.25, -0.2) is 0 Å². The standard InChI is InChI=1S/C48H46N2O6/c1-2-56-40-20-12-19-36(45(40)53)43-34-21-22-35-42(47(55)50(46(35)54)33-23-25-49(26-24-33)29-30-13-6-3-7-14-30)38(34)27-39-44(52)37(31-15-8-4-9-16-31)28-41(51)48(39,43)32-17-10-5-11-18-32/h3-21,28,33,35,38-39,42-43,53H,2,22-27,29H2,1H3/t35-,38+,39-,42-,43+,48-/m0/s1. The van der Waals surface area contributed by atoms with Gasteiger partial charge in [0, 0.05) is 48.6 Å². The van der Waals surface area contributed by atoms with Crippen molar-refractivity contribution in [2.45, 2.75) is 56.5 Å². The van der Waals surface area contributed by atoms with Crippen molar-refractivity contribution in [3.63, 3.8) is 0 Å². The van der Waals surface area contributed by atoms with Gasteiger partial charge in [0.25, 0.3) is 0 Å². The smallest absolute Gasteiger partial charge is 0.233 e. The van der Waals surface area contributed by atoms with Crippen LogP contribution < -0.4 is 4.74 Å². The van der Waals surface area contributed by atoms with E-state index >= 15 is 9.59 Å². The number of piperidine rings is 1. The number of benzene rings is 4. The Morgan fingerprint density at radius 2 is 1.46 bits per heavy atom. The molecule has 2 saturated heterocycles. The number of aromatic hydroxyl groups is 1. The largest absolute Gasteiger partial charge is 0.504 e. The molecule has 1 saturated carbocycles. The molecule has 0 unspecified atom stereocenters. The second-order valence-electron chi connectivity index (χ2n) is 16.0. The van der Waals surface area contributed by atoms with Crippen LogP contribution in [0.4, 0.5) is 0 Å². The fourth-order valence-corrected chi connectivity index (χ4v) is 10.8. The Morgan fingerprint density at radius 1 is 0.786 bits per heavy atom. The second-order valence-corrected chi connectivity index (χ2v) is 16.0. The number of fused-ring (bicyclic) bond motifs is 4. The van der Waals surface area contributed by atoms with Crippen LogP contribution in [0.3, 0.4) is 0 Å². The fourth-order valence-electron chi connectivity index (χ4n) is 10.8. The monoisotopic (exact) mass is 746 g/mol. The molecule has 0 radical (unpaired) electrons. The van der Waals surface area contributed by atoms with E-state index in [1.54, 1.807) is 17.0 Å². The average Bonchev–Trinajstić information content (AvgIpc) is 3.49. The Labute approximate surface area is 327 Å². The van der Waals surface area contributed by atoms with Crippen molar-refractivity contribution >= 4 is 29.0 Å². The number of hydrogen-bond donors (Lipinski definition) is 1. The zero-order chi connectivity index (χ0) is 38.6. The van der Waals surface area contributed by atoms with Gasteiger partial charge in [0.05, 0.1) is 23.9 Å². The Balaban J connectivity index is 1.14. The van der Waals surface area contributed by atoms with Gasteiger partial charge in [0.2, 0.25) is 11.8 Å². The molecule has 1 N–H and O–H groups in total. The van der Waals surface area contributed by atoms with Crippen LogP contribution in [0.25, 0.3) is 5.57 Å². The molecule has 6 atom stereocenters. The lowest BCUT2D eigenvalue weighted by Crippen LogP contribution is -2.59. The molecule has 56 heavy (non-hydrogen) atoms. The van der Waals surface area contributed by atoms with Gasteiger partial charge in [0.1, 0.15) is 0 Å². The molecular formula is C48H46N2O6. The van der Waals surface area contributed by atoms with Crippen molar-refractivity contribution < 1.29 is 29.0 Å². The molecule has 0 aromatic heterocycles. The first-order chi connectivity index (χ1) is 27.3. The molecule has 9 rings (SSSR count). The van der Waals surface area contributed by atoms with E-state index in [-0.39, 0.29) is 47.3 Å². The number of amides is 2. The van der Waals surface area contributed by atoms with E-state index in [1.165, 1.54) is 11.6 Å². The zero-order valence-corrected chi connectivity index (χ0v) is 31.6. The predicted octanol–water partition coefficient (Wildman–Crippen LogP) is 7.28. The van der Waals surface area contributed by atoms with Gasteiger partial charge in [-0.1, -0.05) is 115 Å². The number of imide groups is 1. The van der Waals surface area contributed by atoms with E-state index in [1.807, 2.05) is 91.9 Å². The third-order valence-corrected chi connectivity index (χ3v) is 13.2. The number of ether oxygens (including phenoxy) is 1. The lowest BCUT2D eigenvalue weighted by molar-refractivity contribution is -0.144. The maximum Gasteiger partial charge on any atom is 0.233 e. The highest BCUT2D eigenvalue weighted by atomic mass is 16.5. The molecular weight excluding hydrogens is 701 g/mol. The van der Waals surface area contributed by atoms with Gasteiger partial charge in [-0.2, -0.15) is 0 Å². The van der Waals surface area contributed by atoms with Crippen LogP contribution in [-0.4, -0.2) is 64.0 Å². The number of ketones is 2. The highest BCUT2D eigenvalue weighted by Gasteiger charge is 2.66. The summed E-state index contributed by atoms with van der Waals surface area (Å²) >= 11 is 0. The molecule has 0 spiro atoms. The number of likely N-dealkylation sites (tertiary alicyclic amines) is 2. The van der Waals surface area contributed by atoms with Crippen molar-refractivity contribution in [1.82, 2.24) is 9.80 Å². The predicted molar refractivity (Wildman–Crippen MR) is 212 cm³/mol. The molecule has 3 fully saturated rings. The van der Waals surface area contributed by atoms with E-state index in [0.717, 1.165) is 25.2 Å². The molecule has 0 bridgehead atoms. The Kier molecular flexibility index (Phi) is 9.32. The molecule has 5 aliphatic rings. The van der Waals surface area contributed by atoms with Gasteiger partial charge >= 0.3 is 0 Å². The van der Waals surface area contributed by atoms with Crippen molar-refractivity contribution in [2.24, 2.45) is 23.7 Å². The van der Waals surface area contributed by atoms with Crippen LogP contribution in [0.15, 0.2) is 127 Å². The lowest BCUT2D eigenvalue weighted by atomic mass is 9.44. The first-order valence-electron chi connectivity index (χ1n) is 20.0. The van der Waals surface area contributed by atoms with Crippen molar-refractivity contribution in [1.29, 1.82) is 0 Å². The Hall–Kier alpha value is -5.60. The summed E-state index contributed by atoms with van der Waals surface area (Å²) in [4.78, 5) is 63.8. The minimum absolute atomic E-state index is 0.0899.